The number of carbonyl (C=O) groups is 2. The number of nitrogens with zero attached hydrogens (tertiary/aromatic N) is 1. The van der Waals surface area contributed by atoms with Gasteiger partial charge in [0.05, 0.1) is 18.2 Å². The van der Waals surface area contributed by atoms with E-state index in [0.29, 0.717) is 36.0 Å². The van der Waals surface area contributed by atoms with Crippen LogP contribution in [0.3, 0.4) is 0 Å². The van der Waals surface area contributed by atoms with E-state index in [2.05, 4.69) is 5.32 Å². The van der Waals surface area contributed by atoms with Gasteiger partial charge < -0.3 is 15.0 Å². The normalized spacial score (nSPS) is 14.8. The molecular formula is C16H21ClN2O3. The van der Waals surface area contributed by atoms with E-state index in [9.17, 15) is 9.59 Å². The van der Waals surface area contributed by atoms with E-state index in [0.717, 1.165) is 19.3 Å². The summed E-state index contributed by atoms with van der Waals surface area (Å²) in [5, 5.41) is 3.22. The Hall–Kier alpha value is -1.75. The summed E-state index contributed by atoms with van der Waals surface area (Å²) in [5.74, 6) is 0.434. The molecule has 1 heterocycles. The molecule has 0 aromatic heterocycles. The van der Waals surface area contributed by atoms with Crippen LogP contribution in [0.15, 0.2) is 18.2 Å². The molecule has 120 valence electrons. The Labute approximate surface area is 135 Å². The van der Waals surface area contributed by atoms with Gasteiger partial charge in [-0.3, -0.25) is 9.59 Å². The van der Waals surface area contributed by atoms with E-state index in [1.165, 1.54) is 0 Å². The first-order valence-electron chi connectivity index (χ1n) is 7.60. The Morgan fingerprint density at radius 3 is 2.91 bits per heavy atom. The van der Waals surface area contributed by atoms with Crippen molar-refractivity contribution >= 4 is 29.1 Å². The molecule has 0 spiro atoms. The Balaban J connectivity index is 1.91. The largest absolute Gasteiger partial charge is 0.492 e. The smallest absolute Gasteiger partial charge is 0.243 e. The summed E-state index contributed by atoms with van der Waals surface area (Å²) in [6.45, 7) is 3.36. The van der Waals surface area contributed by atoms with Crippen LogP contribution in [-0.4, -0.2) is 36.4 Å². The topological polar surface area (TPSA) is 58.6 Å². The molecule has 0 radical (unpaired) electrons. The Morgan fingerprint density at radius 2 is 2.23 bits per heavy atom. The fourth-order valence-corrected chi connectivity index (χ4v) is 2.55. The van der Waals surface area contributed by atoms with E-state index < -0.39 is 0 Å². The summed E-state index contributed by atoms with van der Waals surface area (Å²) < 4.78 is 5.48. The quantitative estimate of drug-likeness (QED) is 0.874. The average Bonchev–Trinajstić information content (AvgIpc) is 2.49. The van der Waals surface area contributed by atoms with Crippen LogP contribution in [0.5, 0.6) is 5.75 Å². The maximum atomic E-state index is 12.0. The van der Waals surface area contributed by atoms with Crippen molar-refractivity contribution in [3.63, 3.8) is 0 Å². The molecule has 1 fully saturated rings. The monoisotopic (exact) mass is 324 g/mol. The van der Waals surface area contributed by atoms with Crippen LogP contribution >= 0.6 is 11.6 Å². The van der Waals surface area contributed by atoms with Crippen LogP contribution in [0.1, 0.15) is 32.6 Å². The molecule has 0 unspecified atom stereocenters. The van der Waals surface area contributed by atoms with Crippen molar-refractivity contribution in [2.45, 2.75) is 32.6 Å². The molecule has 1 N–H and O–H groups in total. The van der Waals surface area contributed by atoms with Crippen LogP contribution in [0.4, 0.5) is 5.69 Å². The third-order valence-corrected chi connectivity index (χ3v) is 3.73. The number of hydrogen-bond donors (Lipinski definition) is 1. The molecule has 1 aromatic carbocycles. The molecule has 1 aliphatic rings. The average molecular weight is 325 g/mol. The van der Waals surface area contributed by atoms with Gasteiger partial charge in [0.15, 0.2) is 0 Å². The maximum Gasteiger partial charge on any atom is 0.243 e. The van der Waals surface area contributed by atoms with Gasteiger partial charge in [-0.15, -0.1) is 0 Å². The van der Waals surface area contributed by atoms with Crippen molar-refractivity contribution in [1.29, 1.82) is 0 Å². The zero-order valence-electron chi connectivity index (χ0n) is 12.7. The summed E-state index contributed by atoms with van der Waals surface area (Å²) in [4.78, 5) is 25.3. The van der Waals surface area contributed by atoms with Crippen LogP contribution in [-0.2, 0) is 9.59 Å². The standard InChI is InChI=1S/C16H21ClN2O3/c1-2-9-22-14-7-6-12(10-13(14)17)18-15(20)11-19-8-4-3-5-16(19)21/h6-7,10H,2-5,8-9,11H2,1H3,(H,18,20). The molecule has 6 heteroatoms. The first kappa shape index (κ1) is 16.6. The van der Waals surface area contributed by atoms with Gasteiger partial charge in [-0.05, 0) is 37.5 Å². The molecule has 1 aliphatic heterocycles. The molecule has 1 saturated heterocycles. The van der Waals surface area contributed by atoms with Crippen molar-refractivity contribution in [2.24, 2.45) is 0 Å². The van der Waals surface area contributed by atoms with Crippen molar-refractivity contribution in [1.82, 2.24) is 4.90 Å². The number of anilines is 1. The highest BCUT2D eigenvalue weighted by Crippen LogP contribution is 2.27. The van der Waals surface area contributed by atoms with Gasteiger partial charge in [0, 0.05) is 18.7 Å². The lowest BCUT2D eigenvalue weighted by molar-refractivity contribution is -0.136. The highest BCUT2D eigenvalue weighted by molar-refractivity contribution is 6.32. The van der Waals surface area contributed by atoms with E-state index in [1.807, 2.05) is 6.92 Å². The number of hydrogen-bond acceptors (Lipinski definition) is 3. The molecule has 0 bridgehead atoms. The molecule has 22 heavy (non-hydrogen) atoms. The zero-order valence-corrected chi connectivity index (χ0v) is 13.5. The number of carbonyl (C=O) groups excluding carboxylic acids is 2. The molecule has 0 aliphatic carbocycles. The minimum absolute atomic E-state index is 0.0442. The van der Waals surface area contributed by atoms with E-state index >= 15 is 0 Å². The first-order valence-corrected chi connectivity index (χ1v) is 7.98. The van der Waals surface area contributed by atoms with Gasteiger partial charge in [0.1, 0.15) is 5.75 Å². The second-order valence-electron chi connectivity index (χ2n) is 5.31. The van der Waals surface area contributed by atoms with Gasteiger partial charge in [-0.25, -0.2) is 0 Å². The molecule has 5 nitrogen and oxygen atoms in total. The second-order valence-corrected chi connectivity index (χ2v) is 5.72. The predicted molar refractivity (Wildman–Crippen MR) is 86.3 cm³/mol. The lowest BCUT2D eigenvalue weighted by Gasteiger charge is -2.26. The lowest BCUT2D eigenvalue weighted by Crippen LogP contribution is -2.40. The number of rotatable bonds is 6. The minimum Gasteiger partial charge on any atom is -0.492 e. The van der Waals surface area contributed by atoms with Crippen molar-refractivity contribution in [2.75, 3.05) is 25.0 Å². The summed E-state index contributed by atoms with van der Waals surface area (Å²) in [6, 6.07) is 5.13. The van der Waals surface area contributed by atoms with Crippen LogP contribution in [0, 0.1) is 0 Å². The SMILES string of the molecule is CCCOc1ccc(NC(=O)CN2CCCCC2=O)cc1Cl. The minimum atomic E-state index is -0.214. The number of benzene rings is 1. The van der Waals surface area contributed by atoms with Gasteiger partial charge in [0.2, 0.25) is 11.8 Å². The van der Waals surface area contributed by atoms with Crippen LogP contribution in [0.25, 0.3) is 0 Å². The summed E-state index contributed by atoms with van der Waals surface area (Å²) in [7, 11) is 0. The highest BCUT2D eigenvalue weighted by atomic mass is 35.5. The maximum absolute atomic E-state index is 12.0. The third-order valence-electron chi connectivity index (χ3n) is 3.43. The summed E-state index contributed by atoms with van der Waals surface area (Å²) in [5.41, 5.74) is 0.600. The molecule has 2 rings (SSSR count). The summed E-state index contributed by atoms with van der Waals surface area (Å²) >= 11 is 6.12. The Bertz CT molecular complexity index is 548. The van der Waals surface area contributed by atoms with E-state index in [4.69, 9.17) is 16.3 Å². The van der Waals surface area contributed by atoms with Crippen LogP contribution < -0.4 is 10.1 Å². The lowest BCUT2D eigenvalue weighted by atomic mass is 10.1. The first-order chi connectivity index (χ1) is 10.6. The van der Waals surface area contributed by atoms with E-state index in [1.54, 1.807) is 23.1 Å². The zero-order chi connectivity index (χ0) is 15.9. The summed E-state index contributed by atoms with van der Waals surface area (Å²) in [6.07, 6.45) is 3.29. The third kappa shape index (κ3) is 4.63. The molecule has 0 atom stereocenters. The molecular weight excluding hydrogens is 304 g/mol. The number of likely N-dealkylation sites (tertiary alicyclic amines) is 1. The van der Waals surface area contributed by atoms with Gasteiger partial charge >= 0.3 is 0 Å². The molecule has 2 amide bonds. The highest BCUT2D eigenvalue weighted by Gasteiger charge is 2.20. The van der Waals surface area contributed by atoms with Gasteiger partial charge in [-0.1, -0.05) is 18.5 Å². The van der Waals surface area contributed by atoms with Gasteiger partial charge in [0.25, 0.3) is 0 Å². The number of piperidine rings is 1. The van der Waals surface area contributed by atoms with Crippen molar-refractivity contribution in [3.8, 4) is 5.75 Å². The number of halogens is 1. The number of ether oxygens (including phenoxy) is 1. The Kier molecular flexibility index (Phi) is 6.07. The van der Waals surface area contributed by atoms with Crippen molar-refractivity contribution in [3.05, 3.63) is 23.2 Å². The number of amides is 2. The molecule has 0 saturated carbocycles. The van der Waals surface area contributed by atoms with Gasteiger partial charge in [-0.2, -0.15) is 0 Å². The predicted octanol–water partition coefficient (Wildman–Crippen LogP) is 3.08. The second kappa shape index (κ2) is 8.03. The van der Waals surface area contributed by atoms with Crippen molar-refractivity contribution < 1.29 is 14.3 Å². The molecule has 1 aromatic rings. The van der Waals surface area contributed by atoms with E-state index in [-0.39, 0.29) is 18.4 Å². The fourth-order valence-electron chi connectivity index (χ4n) is 2.31. The number of nitrogens with one attached hydrogen (secondary N) is 1. The van der Waals surface area contributed by atoms with Crippen LogP contribution in [0.2, 0.25) is 5.02 Å². The Morgan fingerprint density at radius 1 is 1.41 bits per heavy atom. The fraction of sp³-hybridized carbons (Fsp3) is 0.500.